The van der Waals surface area contributed by atoms with Crippen molar-refractivity contribution in [3.05, 3.63) is 88.6 Å². The molecule has 4 aromatic rings. The average molecular weight is 458 g/mol. The Morgan fingerprint density at radius 1 is 1.03 bits per heavy atom. The van der Waals surface area contributed by atoms with Crippen molar-refractivity contribution in [1.82, 2.24) is 14.3 Å². The lowest BCUT2D eigenvalue weighted by atomic mass is 10.0. The zero-order chi connectivity index (χ0) is 22.8. The van der Waals surface area contributed by atoms with Crippen LogP contribution in [0.1, 0.15) is 22.4 Å². The Balaban J connectivity index is 1.73. The number of nitrogens with zero attached hydrogens (tertiary/aromatic N) is 2. The highest BCUT2D eigenvalue weighted by Gasteiger charge is 2.17. The molecule has 0 unspecified atom stereocenters. The van der Waals surface area contributed by atoms with Crippen LogP contribution < -0.4 is 9.46 Å². The summed E-state index contributed by atoms with van der Waals surface area (Å²) in [5, 5.41) is 4.58. The van der Waals surface area contributed by atoms with Crippen LogP contribution in [0.4, 0.5) is 8.78 Å². The lowest BCUT2D eigenvalue weighted by molar-refractivity contribution is 0.274. The fourth-order valence-electron chi connectivity index (χ4n) is 3.63. The molecule has 2 aromatic heterocycles. The van der Waals surface area contributed by atoms with Crippen LogP contribution >= 0.6 is 0 Å². The van der Waals surface area contributed by atoms with Crippen LogP contribution in [-0.2, 0) is 24.0 Å². The highest BCUT2D eigenvalue weighted by atomic mass is 32.2. The van der Waals surface area contributed by atoms with Crippen molar-refractivity contribution in [1.29, 1.82) is 0 Å². The van der Waals surface area contributed by atoms with Gasteiger partial charge in [-0.05, 0) is 54.8 Å². The van der Waals surface area contributed by atoms with Crippen LogP contribution in [0.5, 0.6) is 5.88 Å². The first-order chi connectivity index (χ1) is 15.3. The van der Waals surface area contributed by atoms with E-state index in [4.69, 9.17) is 4.74 Å². The quantitative estimate of drug-likeness (QED) is 0.410. The topological polar surface area (TPSA) is 72.7 Å². The monoisotopic (exact) mass is 457 g/mol. The van der Waals surface area contributed by atoms with Gasteiger partial charge in [0.05, 0.1) is 16.8 Å². The van der Waals surface area contributed by atoms with Gasteiger partial charge in [-0.15, -0.1) is 0 Å². The minimum Gasteiger partial charge on any atom is -0.473 e. The Kier molecular flexibility index (Phi) is 6.20. The number of aryl methyl sites for hydroxylation is 2. The molecule has 0 atom stereocenters. The van der Waals surface area contributed by atoms with Crippen molar-refractivity contribution in [2.45, 2.75) is 27.0 Å². The molecule has 0 aliphatic rings. The van der Waals surface area contributed by atoms with E-state index < -0.39 is 22.5 Å². The summed E-state index contributed by atoms with van der Waals surface area (Å²) >= 11 is 0. The molecular formula is C23H21F2N3O3S. The molecule has 2 heterocycles. The molecule has 9 heteroatoms. The molecule has 32 heavy (non-hydrogen) atoms. The predicted molar refractivity (Wildman–Crippen MR) is 118 cm³/mol. The van der Waals surface area contributed by atoms with Crippen molar-refractivity contribution in [3.63, 3.8) is 0 Å². The summed E-state index contributed by atoms with van der Waals surface area (Å²) in [6.07, 6.45) is 0. The predicted octanol–water partition coefficient (Wildman–Crippen LogP) is 4.09. The highest BCUT2D eigenvalue weighted by molar-refractivity contribution is 7.70. The summed E-state index contributed by atoms with van der Waals surface area (Å²) in [6.45, 7) is 3.66. The third kappa shape index (κ3) is 4.49. The molecule has 0 radical (unpaired) electrons. The van der Waals surface area contributed by atoms with Crippen molar-refractivity contribution in [2.75, 3.05) is 0 Å². The highest BCUT2D eigenvalue weighted by Crippen LogP contribution is 2.32. The smallest absolute Gasteiger partial charge is 0.215 e. The minimum absolute atomic E-state index is 0.150. The molecule has 4 rings (SSSR count). The fraction of sp³-hybridized carbons (Fsp3) is 0.174. The third-order valence-electron chi connectivity index (χ3n) is 5.07. The van der Waals surface area contributed by atoms with Crippen molar-refractivity contribution in [2.24, 2.45) is 0 Å². The van der Waals surface area contributed by atoms with E-state index in [-0.39, 0.29) is 18.7 Å². The van der Waals surface area contributed by atoms with E-state index in [0.29, 0.717) is 5.88 Å². The van der Waals surface area contributed by atoms with Crippen LogP contribution in [0.2, 0.25) is 0 Å². The van der Waals surface area contributed by atoms with Gasteiger partial charge in [0.2, 0.25) is 16.8 Å². The zero-order valence-corrected chi connectivity index (χ0v) is 18.3. The van der Waals surface area contributed by atoms with Crippen LogP contribution in [0.25, 0.3) is 16.6 Å². The van der Waals surface area contributed by atoms with Crippen LogP contribution in [0.15, 0.2) is 54.6 Å². The number of benzene rings is 2. The second-order valence-electron chi connectivity index (χ2n) is 7.41. The SMILES string of the molecule is Cc1cc(OCc2c(F)cccc2F)n2nc(C)c(-c3cccc(CN[SH](=O)=O)c3)c2c1. The number of ether oxygens (including phenoxy) is 1. The zero-order valence-electron chi connectivity index (χ0n) is 17.4. The summed E-state index contributed by atoms with van der Waals surface area (Å²) in [6, 6.07) is 14.9. The maximum absolute atomic E-state index is 14.0. The molecular weight excluding hydrogens is 436 g/mol. The lowest BCUT2D eigenvalue weighted by Gasteiger charge is -2.11. The normalized spacial score (nSPS) is 11.4. The summed E-state index contributed by atoms with van der Waals surface area (Å²) < 4.78 is 59.5. The molecule has 0 fully saturated rings. The Labute approximate surface area is 185 Å². The molecule has 0 saturated carbocycles. The maximum atomic E-state index is 14.0. The molecule has 1 N–H and O–H groups in total. The van der Waals surface area contributed by atoms with Gasteiger partial charge in [-0.1, -0.05) is 24.3 Å². The molecule has 6 nitrogen and oxygen atoms in total. The first-order valence-electron chi connectivity index (χ1n) is 9.86. The summed E-state index contributed by atoms with van der Waals surface area (Å²) in [4.78, 5) is 0. The number of halogens is 2. The number of hydrogen-bond acceptors (Lipinski definition) is 4. The van der Waals surface area contributed by atoms with E-state index in [1.807, 2.05) is 44.2 Å². The number of nitrogens with one attached hydrogen (secondary N) is 1. The van der Waals surface area contributed by atoms with Crippen LogP contribution in [0, 0.1) is 25.5 Å². The number of aromatic nitrogens is 2. The molecule has 0 aliphatic carbocycles. The van der Waals surface area contributed by atoms with Gasteiger partial charge in [0.15, 0.2) is 0 Å². The average Bonchev–Trinajstić information content (AvgIpc) is 3.07. The molecule has 0 amide bonds. The lowest BCUT2D eigenvalue weighted by Crippen LogP contribution is -2.10. The molecule has 166 valence electrons. The Hall–Kier alpha value is -3.30. The second kappa shape index (κ2) is 9.05. The van der Waals surface area contributed by atoms with Gasteiger partial charge in [0, 0.05) is 18.2 Å². The summed E-state index contributed by atoms with van der Waals surface area (Å²) in [5.41, 5.74) is 4.79. The largest absolute Gasteiger partial charge is 0.473 e. The minimum atomic E-state index is -2.69. The van der Waals surface area contributed by atoms with Gasteiger partial charge in [0.1, 0.15) is 18.2 Å². The van der Waals surface area contributed by atoms with Crippen molar-refractivity contribution >= 4 is 16.4 Å². The van der Waals surface area contributed by atoms with E-state index >= 15 is 0 Å². The van der Waals surface area contributed by atoms with Gasteiger partial charge < -0.3 is 4.74 Å². The Morgan fingerprint density at radius 2 is 1.75 bits per heavy atom. The van der Waals surface area contributed by atoms with Gasteiger partial charge >= 0.3 is 0 Å². The molecule has 2 aromatic carbocycles. The summed E-state index contributed by atoms with van der Waals surface area (Å²) in [5.74, 6) is -0.980. The van der Waals surface area contributed by atoms with Crippen molar-refractivity contribution < 1.29 is 21.9 Å². The number of pyridine rings is 1. The molecule has 0 bridgehead atoms. The van der Waals surface area contributed by atoms with E-state index in [1.165, 1.54) is 18.2 Å². The standard InChI is InChI=1S/C23H21F2N3O3S/c1-14-9-21-23(17-6-3-5-16(11-17)12-26-32(29)30)15(2)27-28(21)22(10-14)31-13-18-19(24)7-4-8-20(18)25/h3-11,32H,12-13H2,1-2H3,(H,26,29,30). The van der Waals surface area contributed by atoms with Gasteiger partial charge in [-0.2, -0.15) is 5.10 Å². The number of fused-ring (bicyclic) bond motifs is 1. The maximum Gasteiger partial charge on any atom is 0.215 e. The van der Waals surface area contributed by atoms with Gasteiger partial charge in [-0.3, -0.25) is 0 Å². The Bertz CT molecular complexity index is 1350. The molecule has 0 saturated heterocycles. The number of rotatable bonds is 7. The Morgan fingerprint density at radius 3 is 2.47 bits per heavy atom. The third-order valence-corrected chi connectivity index (χ3v) is 5.49. The first kappa shape index (κ1) is 21.9. The fourth-order valence-corrected chi connectivity index (χ4v) is 3.94. The molecule has 0 spiro atoms. The van der Waals surface area contributed by atoms with Crippen LogP contribution in [0.3, 0.4) is 0 Å². The number of thiol groups is 1. The van der Waals surface area contributed by atoms with E-state index in [1.54, 1.807) is 10.6 Å². The van der Waals surface area contributed by atoms with Crippen molar-refractivity contribution in [3.8, 4) is 17.0 Å². The van der Waals surface area contributed by atoms with E-state index in [0.717, 1.165) is 33.5 Å². The van der Waals surface area contributed by atoms with E-state index in [9.17, 15) is 17.2 Å². The summed E-state index contributed by atoms with van der Waals surface area (Å²) in [7, 11) is -2.69. The van der Waals surface area contributed by atoms with E-state index in [2.05, 4.69) is 9.82 Å². The second-order valence-corrected chi connectivity index (χ2v) is 8.24. The number of hydrogen-bond donors (Lipinski definition) is 2. The van der Waals surface area contributed by atoms with Gasteiger partial charge in [0.25, 0.3) is 0 Å². The first-order valence-corrected chi connectivity index (χ1v) is 11.0. The van der Waals surface area contributed by atoms with Gasteiger partial charge in [-0.25, -0.2) is 26.4 Å². The van der Waals surface area contributed by atoms with Crippen LogP contribution in [-0.4, -0.2) is 18.0 Å². The molecule has 0 aliphatic heterocycles.